The molecule has 2 aliphatic rings. The van der Waals surface area contributed by atoms with Crippen LogP contribution in [0.2, 0.25) is 0 Å². The van der Waals surface area contributed by atoms with Crippen LogP contribution in [0.4, 0.5) is 0 Å². The zero-order valence-electron chi connectivity index (χ0n) is 16.9. The normalized spacial score (nSPS) is 23.1. The summed E-state index contributed by atoms with van der Waals surface area (Å²) in [6, 6.07) is 3.90. The molecule has 0 spiro atoms. The molecule has 2 aromatic heterocycles. The Hall–Kier alpha value is -2.87. The summed E-state index contributed by atoms with van der Waals surface area (Å²) >= 11 is 0. The van der Waals surface area contributed by atoms with E-state index < -0.39 is 6.10 Å². The third kappa shape index (κ3) is 5.18. The van der Waals surface area contributed by atoms with E-state index in [1.54, 1.807) is 24.8 Å². The zero-order chi connectivity index (χ0) is 20.8. The minimum absolute atomic E-state index is 0.0552. The fourth-order valence-electron chi connectivity index (χ4n) is 4.19. The second-order valence-corrected chi connectivity index (χ2v) is 7.93. The van der Waals surface area contributed by atoms with Gasteiger partial charge in [-0.25, -0.2) is 9.97 Å². The predicted octanol–water partition coefficient (Wildman–Crippen LogP) is 1.17. The summed E-state index contributed by atoms with van der Waals surface area (Å²) in [6.45, 7) is 1.87. The number of aromatic nitrogens is 3. The number of piperidine rings is 1. The van der Waals surface area contributed by atoms with Crippen LogP contribution in [0, 0.1) is 5.92 Å². The topological polar surface area (TPSA) is 97.3 Å². The van der Waals surface area contributed by atoms with Gasteiger partial charge in [0.25, 0.3) is 0 Å². The maximum atomic E-state index is 12.6. The van der Waals surface area contributed by atoms with Gasteiger partial charge in [0.2, 0.25) is 11.8 Å². The van der Waals surface area contributed by atoms with Gasteiger partial charge in [-0.2, -0.15) is 0 Å². The number of ether oxygens (including phenoxy) is 1. The summed E-state index contributed by atoms with van der Waals surface area (Å²) in [4.78, 5) is 38.9. The summed E-state index contributed by atoms with van der Waals surface area (Å²) in [5.41, 5.74) is 2.10. The summed E-state index contributed by atoms with van der Waals surface area (Å²) in [5.74, 6) is 0.402. The van der Waals surface area contributed by atoms with Gasteiger partial charge in [-0.05, 0) is 54.9 Å². The number of likely N-dealkylation sites (tertiary alicyclic amines) is 1. The summed E-state index contributed by atoms with van der Waals surface area (Å²) in [7, 11) is 0. The van der Waals surface area contributed by atoms with Crippen molar-refractivity contribution in [2.24, 2.45) is 5.92 Å². The highest BCUT2D eigenvalue weighted by atomic mass is 16.5. The van der Waals surface area contributed by atoms with E-state index in [0.29, 0.717) is 31.8 Å². The molecule has 8 nitrogen and oxygen atoms in total. The van der Waals surface area contributed by atoms with Crippen LogP contribution >= 0.6 is 0 Å². The number of amides is 2. The number of aryl methyl sites for hydroxylation is 1. The lowest BCUT2D eigenvalue weighted by Crippen LogP contribution is -2.45. The van der Waals surface area contributed by atoms with Crippen LogP contribution in [0.5, 0.6) is 0 Å². The van der Waals surface area contributed by atoms with Crippen molar-refractivity contribution < 1.29 is 14.3 Å². The van der Waals surface area contributed by atoms with Crippen LogP contribution < -0.4 is 5.32 Å². The molecular formula is C22H27N5O3. The molecule has 158 valence electrons. The van der Waals surface area contributed by atoms with E-state index in [4.69, 9.17) is 4.74 Å². The first-order valence-electron chi connectivity index (χ1n) is 10.5. The molecule has 2 amide bonds. The van der Waals surface area contributed by atoms with E-state index in [1.807, 2.05) is 17.0 Å². The molecule has 4 rings (SSSR count). The van der Waals surface area contributed by atoms with Gasteiger partial charge in [0, 0.05) is 50.8 Å². The molecule has 2 fully saturated rings. The number of fused-ring (bicyclic) bond motifs is 1. The highest BCUT2D eigenvalue weighted by Crippen LogP contribution is 2.33. The minimum atomic E-state index is -0.422. The van der Waals surface area contributed by atoms with E-state index >= 15 is 0 Å². The van der Waals surface area contributed by atoms with Crippen LogP contribution in [0.25, 0.3) is 0 Å². The third-order valence-corrected chi connectivity index (χ3v) is 5.90. The number of carbonyl (C=O) groups excluding carboxylic acids is 2. The van der Waals surface area contributed by atoms with Crippen molar-refractivity contribution >= 4 is 11.8 Å². The van der Waals surface area contributed by atoms with E-state index in [2.05, 4.69) is 20.3 Å². The number of rotatable bonds is 7. The van der Waals surface area contributed by atoms with Gasteiger partial charge < -0.3 is 15.0 Å². The van der Waals surface area contributed by atoms with Gasteiger partial charge in [0.05, 0.1) is 6.10 Å². The van der Waals surface area contributed by atoms with Crippen LogP contribution in [0.1, 0.15) is 30.4 Å². The van der Waals surface area contributed by atoms with Crippen LogP contribution in [0.3, 0.4) is 0 Å². The van der Waals surface area contributed by atoms with Crippen molar-refractivity contribution in [3.63, 3.8) is 0 Å². The van der Waals surface area contributed by atoms with Gasteiger partial charge >= 0.3 is 0 Å². The van der Waals surface area contributed by atoms with Gasteiger partial charge in [-0.15, -0.1) is 0 Å². The maximum Gasteiger partial charge on any atom is 0.249 e. The smallest absolute Gasteiger partial charge is 0.249 e. The van der Waals surface area contributed by atoms with E-state index in [-0.39, 0.29) is 17.9 Å². The number of nitrogens with one attached hydrogen (secondary N) is 1. The molecule has 0 aromatic carbocycles. The van der Waals surface area contributed by atoms with Crippen molar-refractivity contribution in [3.8, 4) is 0 Å². The molecular weight excluding hydrogens is 382 g/mol. The van der Waals surface area contributed by atoms with E-state index in [1.165, 1.54) is 6.33 Å². The number of hydrogen-bond acceptors (Lipinski definition) is 6. The van der Waals surface area contributed by atoms with Gasteiger partial charge in [-0.1, -0.05) is 0 Å². The van der Waals surface area contributed by atoms with Crippen molar-refractivity contribution in [1.82, 2.24) is 25.2 Å². The second kappa shape index (κ2) is 9.75. The van der Waals surface area contributed by atoms with Crippen LogP contribution in [-0.2, 0) is 27.2 Å². The Morgan fingerprint density at radius 3 is 2.70 bits per heavy atom. The fraction of sp³-hybridized carbons (Fsp3) is 0.500. The molecule has 0 radical (unpaired) electrons. The lowest BCUT2D eigenvalue weighted by Gasteiger charge is -2.34. The number of pyridine rings is 1. The highest BCUT2D eigenvalue weighted by molar-refractivity contribution is 5.81. The SMILES string of the molecule is O=C(NCCc1ccncc1)C1C[C@@H]2CCN(C(=O)CCc3cncnc3)C[C@@H]2O1. The Kier molecular flexibility index (Phi) is 6.63. The first-order valence-corrected chi connectivity index (χ1v) is 10.5. The summed E-state index contributed by atoms with van der Waals surface area (Å²) < 4.78 is 6.04. The molecule has 1 N–H and O–H groups in total. The monoisotopic (exact) mass is 409 g/mol. The molecule has 0 saturated carbocycles. The molecule has 2 aromatic rings. The highest BCUT2D eigenvalue weighted by Gasteiger charge is 2.42. The van der Waals surface area contributed by atoms with Crippen molar-refractivity contribution in [1.29, 1.82) is 0 Å². The molecule has 2 saturated heterocycles. The largest absolute Gasteiger partial charge is 0.363 e. The van der Waals surface area contributed by atoms with E-state index in [9.17, 15) is 9.59 Å². The molecule has 30 heavy (non-hydrogen) atoms. The Labute approximate surface area is 176 Å². The fourth-order valence-corrected chi connectivity index (χ4v) is 4.19. The van der Waals surface area contributed by atoms with Crippen molar-refractivity contribution in [2.45, 2.75) is 44.3 Å². The quantitative estimate of drug-likeness (QED) is 0.737. The average Bonchev–Trinajstić information content (AvgIpc) is 3.22. The predicted molar refractivity (Wildman–Crippen MR) is 109 cm³/mol. The van der Waals surface area contributed by atoms with Crippen LogP contribution in [-0.4, -0.2) is 63.5 Å². The van der Waals surface area contributed by atoms with E-state index in [0.717, 1.165) is 36.9 Å². The number of nitrogens with zero attached hydrogens (tertiary/aromatic N) is 4. The molecule has 0 aliphatic carbocycles. The third-order valence-electron chi connectivity index (χ3n) is 5.90. The number of carbonyl (C=O) groups is 2. The first kappa shape index (κ1) is 20.4. The minimum Gasteiger partial charge on any atom is -0.363 e. The Morgan fingerprint density at radius 2 is 1.90 bits per heavy atom. The Bertz CT molecular complexity index is 848. The van der Waals surface area contributed by atoms with Gasteiger partial charge in [0.1, 0.15) is 12.4 Å². The van der Waals surface area contributed by atoms with Crippen molar-refractivity contribution in [3.05, 3.63) is 54.4 Å². The molecule has 0 bridgehead atoms. The zero-order valence-corrected chi connectivity index (χ0v) is 16.9. The summed E-state index contributed by atoms with van der Waals surface area (Å²) in [5, 5.41) is 2.98. The molecule has 1 unspecified atom stereocenters. The average molecular weight is 409 g/mol. The molecule has 4 heterocycles. The molecule has 3 atom stereocenters. The first-order chi connectivity index (χ1) is 14.7. The standard InChI is InChI=1S/C22H27N5O3/c28-21(2-1-17-12-24-15-25-13-17)27-10-6-18-11-19(30-20(18)14-27)22(29)26-9-5-16-3-7-23-8-4-16/h3-4,7-8,12-13,15,18-20H,1-2,5-6,9-11,14H2,(H,26,29)/t18-,19?,20-/m0/s1. The maximum absolute atomic E-state index is 12.6. The Balaban J connectivity index is 1.21. The molecule has 8 heteroatoms. The lowest BCUT2D eigenvalue weighted by atomic mass is 9.91. The van der Waals surface area contributed by atoms with Crippen LogP contribution in [0.15, 0.2) is 43.2 Å². The second-order valence-electron chi connectivity index (χ2n) is 7.93. The Morgan fingerprint density at radius 1 is 1.10 bits per heavy atom. The van der Waals surface area contributed by atoms with Gasteiger partial charge in [0.15, 0.2) is 0 Å². The summed E-state index contributed by atoms with van der Waals surface area (Å²) in [6.07, 6.45) is 11.4. The number of hydrogen-bond donors (Lipinski definition) is 1. The lowest BCUT2D eigenvalue weighted by molar-refractivity contribution is -0.138. The van der Waals surface area contributed by atoms with Gasteiger partial charge in [-0.3, -0.25) is 14.6 Å². The van der Waals surface area contributed by atoms with Crippen molar-refractivity contribution in [2.75, 3.05) is 19.6 Å². The molecule has 2 aliphatic heterocycles.